The lowest BCUT2D eigenvalue weighted by Gasteiger charge is -2.35. The van der Waals surface area contributed by atoms with Crippen LogP contribution in [0, 0.1) is 0 Å². The minimum atomic E-state index is -0.182. The molecule has 0 radical (unpaired) electrons. The van der Waals surface area contributed by atoms with Crippen molar-refractivity contribution in [3.63, 3.8) is 0 Å². The molecular formula is C20H20N4O3S. The second kappa shape index (κ2) is 7.05. The van der Waals surface area contributed by atoms with Crippen molar-refractivity contribution in [2.75, 3.05) is 33.4 Å². The molecule has 144 valence electrons. The van der Waals surface area contributed by atoms with Crippen molar-refractivity contribution in [2.24, 2.45) is 0 Å². The molecule has 2 aromatic carbocycles. The maximum Gasteiger partial charge on any atom is 0.230 e. The Kier molecular flexibility index (Phi) is 4.38. The minimum absolute atomic E-state index is 0.129. The number of hydrogen-bond acceptors (Lipinski definition) is 7. The van der Waals surface area contributed by atoms with Gasteiger partial charge in [-0.25, -0.2) is 4.98 Å². The van der Waals surface area contributed by atoms with E-state index in [-0.39, 0.29) is 11.9 Å². The van der Waals surface area contributed by atoms with Gasteiger partial charge in [0.15, 0.2) is 0 Å². The highest BCUT2D eigenvalue weighted by molar-refractivity contribution is 7.17. The SMILES string of the molecule is COc1ccc2ccccc2c1C(c1sc2ncnn2c1O)N1CCOCC1. The van der Waals surface area contributed by atoms with Crippen LogP contribution in [-0.2, 0) is 4.74 Å². The first-order valence-corrected chi connectivity index (χ1v) is 9.98. The van der Waals surface area contributed by atoms with Crippen LogP contribution >= 0.6 is 11.3 Å². The summed E-state index contributed by atoms with van der Waals surface area (Å²) >= 11 is 1.46. The summed E-state index contributed by atoms with van der Waals surface area (Å²) in [5.41, 5.74) is 1.04. The van der Waals surface area contributed by atoms with Crippen molar-refractivity contribution in [1.29, 1.82) is 0 Å². The van der Waals surface area contributed by atoms with E-state index in [4.69, 9.17) is 9.47 Å². The molecule has 2 aromatic heterocycles. The molecule has 1 aliphatic rings. The van der Waals surface area contributed by atoms with Gasteiger partial charge in [-0.1, -0.05) is 41.7 Å². The highest BCUT2D eigenvalue weighted by atomic mass is 32.1. The van der Waals surface area contributed by atoms with Crippen molar-refractivity contribution in [3.8, 4) is 11.6 Å². The number of morpholine rings is 1. The fourth-order valence-electron chi connectivity index (χ4n) is 3.92. The number of methoxy groups -OCH3 is 1. The zero-order valence-electron chi connectivity index (χ0n) is 15.4. The lowest BCUT2D eigenvalue weighted by molar-refractivity contribution is 0.0239. The molecule has 0 saturated carbocycles. The fraction of sp³-hybridized carbons (Fsp3) is 0.300. The zero-order chi connectivity index (χ0) is 19.1. The van der Waals surface area contributed by atoms with E-state index in [0.717, 1.165) is 40.1 Å². The molecule has 0 spiro atoms. The molecule has 5 rings (SSSR count). The van der Waals surface area contributed by atoms with Crippen LogP contribution in [0.3, 0.4) is 0 Å². The predicted octanol–water partition coefficient (Wildman–Crippen LogP) is 3.08. The van der Waals surface area contributed by atoms with Crippen LogP contribution < -0.4 is 4.74 Å². The molecule has 8 heteroatoms. The van der Waals surface area contributed by atoms with Gasteiger partial charge in [0, 0.05) is 18.7 Å². The molecule has 7 nitrogen and oxygen atoms in total. The minimum Gasteiger partial charge on any atom is -0.496 e. The third-order valence-corrected chi connectivity index (χ3v) is 6.31. The first kappa shape index (κ1) is 17.4. The Balaban J connectivity index is 1.78. The maximum absolute atomic E-state index is 10.9. The second-order valence-electron chi connectivity index (χ2n) is 6.70. The van der Waals surface area contributed by atoms with Gasteiger partial charge in [0.05, 0.1) is 31.2 Å². The average Bonchev–Trinajstić information content (AvgIpc) is 3.32. The summed E-state index contributed by atoms with van der Waals surface area (Å²) in [5.74, 6) is 0.928. The molecule has 0 aliphatic carbocycles. The van der Waals surface area contributed by atoms with Crippen LogP contribution in [0.5, 0.6) is 11.6 Å². The van der Waals surface area contributed by atoms with E-state index in [9.17, 15) is 5.11 Å². The number of benzene rings is 2. The third-order valence-electron chi connectivity index (χ3n) is 5.22. The molecule has 1 atom stereocenters. The molecule has 3 heterocycles. The first-order valence-electron chi connectivity index (χ1n) is 9.16. The van der Waals surface area contributed by atoms with Crippen LogP contribution in [0.15, 0.2) is 42.7 Å². The maximum atomic E-state index is 10.9. The number of nitrogens with zero attached hydrogens (tertiary/aromatic N) is 4. The topological polar surface area (TPSA) is 72.1 Å². The fourth-order valence-corrected chi connectivity index (χ4v) is 5.00. The highest BCUT2D eigenvalue weighted by Crippen LogP contribution is 2.45. The third kappa shape index (κ3) is 2.72. The summed E-state index contributed by atoms with van der Waals surface area (Å²) < 4.78 is 12.8. The van der Waals surface area contributed by atoms with Gasteiger partial charge in [-0.3, -0.25) is 4.90 Å². The Labute approximate surface area is 165 Å². The van der Waals surface area contributed by atoms with E-state index in [1.807, 2.05) is 18.2 Å². The smallest absolute Gasteiger partial charge is 0.230 e. The molecule has 1 aliphatic heterocycles. The summed E-state index contributed by atoms with van der Waals surface area (Å²) in [6, 6.07) is 12.1. The molecular weight excluding hydrogens is 376 g/mol. The number of rotatable bonds is 4. The van der Waals surface area contributed by atoms with Crippen LogP contribution in [-0.4, -0.2) is 58.0 Å². The Morgan fingerprint density at radius 2 is 2.00 bits per heavy atom. The van der Waals surface area contributed by atoms with E-state index in [1.54, 1.807) is 7.11 Å². The van der Waals surface area contributed by atoms with E-state index in [2.05, 4.69) is 33.2 Å². The number of thiazole rings is 1. The van der Waals surface area contributed by atoms with Crippen molar-refractivity contribution >= 4 is 27.1 Å². The van der Waals surface area contributed by atoms with E-state index < -0.39 is 0 Å². The van der Waals surface area contributed by atoms with Crippen molar-refractivity contribution in [3.05, 3.63) is 53.2 Å². The number of aromatic hydroxyl groups is 1. The number of hydrogen-bond donors (Lipinski definition) is 1. The molecule has 4 aromatic rings. The molecule has 1 unspecified atom stereocenters. The summed E-state index contributed by atoms with van der Waals surface area (Å²) in [5, 5.41) is 17.3. The number of aromatic nitrogens is 3. The van der Waals surface area contributed by atoms with Crippen LogP contribution in [0.1, 0.15) is 16.5 Å². The Bertz CT molecular complexity index is 1130. The van der Waals surface area contributed by atoms with Gasteiger partial charge < -0.3 is 14.6 Å². The monoisotopic (exact) mass is 396 g/mol. The van der Waals surface area contributed by atoms with E-state index in [0.29, 0.717) is 18.2 Å². The van der Waals surface area contributed by atoms with Crippen LogP contribution in [0.4, 0.5) is 0 Å². The standard InChI is InChI=1S/C20H20N4O3S/c1-26-15-7-6-13-4-2-3-5-14(13)16(15)17(23-8-10-27-11-9-23)18-19(25)24-20(28-18)21-12-22-24/h2-7,12,17,25H,8-11H2,1H3. The molecule has 1 fully saturated rings. The normalized spacial score (nSPS) is 16.6. The lowest BCUT2D eigenvalue weighted by Crippen LogP contribution is -2.39. The quantitative estimate of drug-likeness (QED) is 0.572. The van der Waals surface area contributed by atoms with Crippen molar-refractivity contribution < 1.29 is 14.6 Å². The van der Waals surface area contributed by atoms with Gasteiger partial charge in [-0.05, 0) is 16.8 Å². The van der Waals surface area contributed by atoms with Gasteiger partial charge in [0.1, 0.15) is 12.1 Å². The van der Waals surface area contributed by atoms with Crippen molar-refractivity contribution in [1.82, 2.24) is 19.5 Å². The summed E-state index contributed by atoms with van der Waals surface area (Å²) in [7, 11) is 1.69. The van der Waals surface area contributed by atoms with Gasteiger partial charge >= 0.3 is 0 Å². The molecule has 1 saturated heterocycles. The summed E-state index contributed by atoms with van der Waals surface area (Å²) in [6.45, 7) is 2.85. The van der Waals surface area contributed by atoms with Gasteiger partial charge in [0.2, 0.25) is 10.8 Å². The summed E-state index contributed by atoms with van der Waals surface area (Å²) in [6.07, 6.45) is 1.46. The molecule has 0 bridgehead atoms. The largest absolute Gasteiger partial charge is 0.496 e. The van der Waals surface area contributed by atoms with E-state index >= 15 is 0 Å². The van der Waals surface area contributed by atoms with Gasteiger partial charge in [0.25, 0.3) is 0 Å². The zero-order valence-corrected chi connectivity index (χ0v) is 16.2. The average molecular weight is 396 g/mol. The molecule has 0 amide bonds. The predicted molar refractivity (Wildman–Crippen MR) is 107 cm³/mol. The Hall–Kier alpha value is -2.68. The molecule has 1 N–H and O–H groups in total. The van der Waals surface area contributed by atoms with Crippen molar-refractivity contribution in [2.45, 2.75) is 6.04 Å². The van der Waals surface area contributed by atoms with Gasteiger partial charge in [-0.15, -0.1) is 0 Å². The number of fused-ring (bicyclic) bond motifs is 2. The van der Waals surface area contributed by atoms with E-state index in [1.165, 1.54) is 22.2 Å². The molecule has 28 heavy (non-hydrogen) atoms. The van der Waals surface area contributed by atoms with Crippen LogP contribution in [0.2, 0.25) is 0 Å². The highest BCUT2D eigenvalue weighted by Gasteiger charge is 2.33. The lowest BCUT2D eigenvalue weighted by atomic mass is 9.95. The first-order chi connectivity index (χ1) is 13.8. The summed E-state index contributed by atoms with van der Waals surface area (Å²) in [4.78, 5) is 8.08. The van der Waals surface area contributed by atoms with Crippen LogP contribution in [0.25, 0.3) is 15.7 Å². The number of ether oxygens (including phenoxy) is 2. The van der Waals surface area contributed by atoms with Gasteiger partial charge in [-0.2, -0.15) is 9.61 Å². The second-order valence-corrected chi connectivity index (χ2v) is 7.71. The Morgan fingerprint density at radius 1 is 1.18 bits per heavy atom. The Morgan fingerprint density at radius 3 is 2.79 bits per heavy atom.